The Morgan fingerprint density at radius 1 is 1.53 bits per heavy atom. The van der Waals surface area contributed by atoms with Crippen LogP contribution < -0.4 is 5.73 Å². The number of aliphatic hydroxyl groups excluding tert-OH is 2. The summed E-state index contributed by atoms with van der Waals surface area (Å²) in [6, 6.07) is 2.00. The summed E-state index contributed by atoms with van der Waals surface area (Å²) in [7, 11) is 0. The second-order valence-electron chi connectivity index (χ2n) is 3.60. The Kier molecular flexibility index (Phi) is 2.91. The van der Waals surface area contributed by atoms with Gasteiger partial charge in [-0.3, -0.25) is 0 Å². The molecule has 2 aromatic rings. The fourth-order valence-corrected chi connectivity index (χ4v) is 1.66. The van der Waals surface area contributed by atoms with Gasteiger partial charge in [0.25, 0.3) is 0 Å². The highest BCUT2D eigenvalue weighted by atomic mass is 16.3. The van der Waals surface area contributed by atoms with Crippen LogP contribution in [0, 0.1) is 11.3 Å². The third kappa shape index (κ3) is 1.91. The van der Waals surface area contributed by atoms with E-state index < -0.39 is 6.10 Å². The molecule has 7 nitrogen and oxygen atoms in total. The van der Waals surface area contributed by atoms with Gasteiger partial charge in [-0.15, -0.1) is 0 Å². The fourth-order valence-electron chi connectivity index (χ4n) is 1.66. The molecule has 0 spiro atoms. The lowest BCUT2D eigenvalue weighted by molar-refractivity contribution is 0.0821. The minimum absolute atomic E-state index is 0.144. The molecule has 88 valence electrons. The monoisotopic (exact) mass is 233 g/mol. The van der Waals surface area contributed by atoms with Gasteiger partial charge < -0.3 is 20.5 Å². The number of nitrogen functional groups attached to an aromatic ring is 1. The smallest absolute Gasteiger partial charge is 0.146 e. The van der Waals surface area contributed by atoms with Crippen molar-refractivity contribution in [2.24, 2.45) is 0 Å². The first kappa shape index (κ1) is 11.3. The van der Waals surface area contributed by atoms with E-state index in [0.717, 1.165) is 0 Å². The molecular weight excluding hydrogens is 222 g/mol. The molecule has 1 atom stereocenters. The Morgan fingerprint density at radius 2 is 2.29 bits per heavy atom. The zero-order chi connectivity index (χ0) is 12.4. The van der Waals surface area contributed by atoms with Crippen LogP contribution in [0.5, 0.6) is 0 Å². The highest BCUT2D eigenvalue weighted by molar-refractivity contribution is 5.91. The average molecular weight is 233 g/mol. The number of hydrogen-bond acceptors (Lipinski definition) is 6. The van der Waals surface area contributed by atoms with Gasteiger partial charge in [-0.2, -0.15) is 5.26 Å². The molecule has 0 saturated heterocycles. The van der Waals surface area contributed by atoms with Gasteiger partial charge in [-0.1, -0.05) is 0 Å². The summed E-state index contributed by atoms with van der Waals surface area (Å²) >= 11 is 0. The van der Waals surface area contributed by atoms with Crippen LogP contribution in [-0.2, 0) is 6.54 Å². The zero-order valence-corrected chi connectivity index (χ0v) is 8.91. The van der Waals surface area contributed by atoms with Crippen molar-refractivity contribution in [3.63, 3.8) is 0 Å². The van der Waals surface area contributed by atoms with Crippen LogP contribution in [0.15, 0.2) is 12.5 Å². The Balaban J connectivity index is 2.59. The lowest BCUT2D eigenvalue weighted by Crippen LogP contribution is -2.19. The van der Waals surface area contributed by atoms with E-state index in [1.807, 2.05) is 6.07 Å². The standard InChI is InChI=1S/C10H11N5O2/c11-1-6-2-15(3-7(17)4-16)10-8(6)9(12)13-5-14-10/h2,5,7,16-17H,3-4H2,(H2,12,13,14). The quantitative estimate of drug-likeness (QED) is 0.640. The lowest BCUT2D eigenvalue weighted by atomic mass is 10.2. The molecule has 0 radical (unpaired) electrons. The minimum atomic E-state index is -0.909. The molecule has 4 N–H and O–H groups in total. The first-order chi connectivity index (χ1) is 8.17. The largest absolute Gasteiger partial charge is 0.394 e. The Hall–Kier alpha value is -2.17. The fraction of sp³-hybridized carbons (Fsp3) is 0.300. The van der Waals surface area contributed by atoms with Crippen LogP contribution in [0.4, 0.5) is 5.82 Å². The number of rotatable bonds is 3. The Morgan fingerprint density at radius 3 is 2.94 bits per heavy atom. The second kappa shape index (κ2) is 4.37. The molecule has 0 aliphatic heterocycles. The van der Waals surface area contributed by atoms with Crippen LogP contribution in [0.1, 0.15) is 5.56 Å². The molecule has 7 heteroatoms. The van der Waals surface area contributed by atoms with E-state index in [9.17, 15) is 5.11 Å². The molecule has 0 amide bonds. The van der Waals surface area contributed by atoms with Gasteiger partial charge >= 0.3 is 0 Å². The predicted octanol–water partition coefficient (Wildman–Crippen LogP) is -0.762. The van der Waals surface area contributed by atoms with E-state index >= 15 is 0 Å². The highest BCUT2D eigenvalue weighted by Crippen LogP contribution is 2.23. The van der Waals surface area contributed by atoms with E-state index in [-0.39, 0.29) is 19.0 Å². The maximum atomic E-state index is 9.39. The number of aliphatic hydroxyl groups is 2. The summed E-state index contributed by atoms with van der Waals surface area (Å²) in [5.74, 6) is 0.226. The van der Waals surface area contributed by atoms with Gasteiger partial charge in [0.15, 0.2) is 0 Å². The first-order valence-corrected chi connectivity index (χ1v) is 4.95. The van der Waals surface area contributed by atoms with Gasteiger partial charge in [-0.05, 0) is 0 Å². The van der Waals surface area contributed by atoms with Gasteiger partial charge in [0.1, 0.15) is 23.9 Å². The van der Waals surface area contributed by atoms with E-state index in [1.165, 1.54) is 12.5 Å². The van der Waals surface area contributed by atoms with E-state index in [0.29, 0.717) is 16.6 Å². The van der Waals surface area contributed by atoms with Gasteiger partial charge in [0.2, 0.25) is 0 Å². The Bertz CT molecular complexity index is 586. The van der Waals surface area contributed by atoms with Crippen LogP contribution in [-0.4, -0.2) is 37.5 Å². The number of hydrogen-bond donors (Lipinski definition) is 3. The minimum Gasteiger partial charge on any atom is -0.394 e. The molecule has 0 bridgehead atoms. The maximum Gasteiger partial charge on any atom is 0.146 e. The Labute approximate surface area is 96.8 Å². The van der Waals surface area contributed by atoms with Gasteiger partial charge in [0.05, 0.1) is 30.2 Å². The van der Waals surface area contributed by atoms with Crippen molar-refractivity contribution in [1.82, 2.24) is 14.5 Å². The summed E-state index contributed by atoms with van der Waals surface area (Å²) in [4.78, 5) is 7.84. The summed E-state index contributed by atoms with van der Waals surface area (Å²) in [5.41, 5.74) is 6.51. The van der Waals surface area contributed by atoms with Crippen molar-refractivity contribution in [2.75, 3.05) is 12.3 Å². The molecule has 2 heterocycles. The molecule has 2 aromatic heterocycles. The van der Waals surface area contributed by atoms with Gasteiger partial charge in [-0.25, -0.2) is 9.97 Å². The highest BCUT2D eigenvalue weighted by Gasteiger charge is 2.14. The molecule has 0 saturated carbocycles. The SMILES string of the molecule is N#Cc1cn(CC(O)CO)c2ncnc(N)c12. The van der Waals surface area contributed by atoms with Crippen molar-refractivity contribution in [1.29, 1.82) is 5.26 Å². The summed E-state index contributed by atoms with van der Waals surface area (Å²) in [5, 5.41) is 27.6. The lowest BCUT2D eigenvalue weighted by Gasteiger charge is -2.08. The number of nitrogens with zero attached hydrogens (tertiary/aromatic N) is 4. The molecule has 0 aliphatic rings. The summed E-state index contributed by atoms with van der Waals surface area (Å²) in [6.45, 7) is -0.215. The molecule has 0 fully saturated rings. The molecule has 17 heavy (non-hydrogen) atoms. The van der Waals surface area contributed by atoms with Crippen LogP contribution in [0.3, 0.4) is 0 Å². The van der Waals surface area contributed by atoms with Crippen LogP contribution in [0.25, 0.3) is 11.0 Å². The maximum absolute atomic E-state index is 9.39. The van der Waals surface area contributed by atoms with E-state index in [1.54, 1.807) is 4.57 Å². The number of anilines is 1. The van der Waals surface area contributed by atoms with Crippen LogP contribution >= 0.6 is 0 Å². The van der Waals surface area contributed by atoms with Crippen molar-refractivity contribution in [3.8, 4) is 6.07 Å². The van der Waals surface area contributed by atoms with Crippen molar-refractivity contribution in [2.45, 2.75) is 12.6 Å². The predicted molar refractivity (Wildman–Crippen MR) is 59.7 cm³/mol. The molecule has 1 unspecified atom stereocenters. The van der Waals surface area contributed by atoms with Crippen molar-refractivity contribution in [3.05, 3.63) is 18.1 Å². The number of aromatic nitrogens is 3. The van der Waals surface area contributed by atoms with E-state index in [2.05, 4.69) is 9.97 Å². The third-order valence-electron chi connectivity index (χ3n) is 2.42. The average Bonchev–Trinajstić information content (AvgIpc) is 2.69. The topological polar surface area (TPSA) is 121 Å². The number of nitrogens with two attached hydrogens (primary N) is 1. The van der Waals surface area contributed by atoms with Crippen LogP contribution in [0.2, 0.25) is 0 Å². The normalized spacial score (nSPS) is 12.5. The summed E-state index contributed by atoms with van der Waals surface area (Å²) in [6.07, 6.45) is 1.92. The zero-order valence-electron chi connectivity index (χ0n) is 8.91. The number of fused-ring (bicyclic) bond motifs is 1. The van der Waals surface area contributed by atoms with Gasteiger partial charge in [0, 0.05) is 6.20 Å². The molecule has 0 aliphatic carbocycles. The van der Waals surface area contributed by atoms with Crippen molar-refractivity contribution >= 4 is 16.9 Å². The first-order valence-electron chi connectivity index (χ1n) is 4.95. The van der Waals surface area contributed by atoms with Crippen molar-refractivity contribution < 1.29 is 10.2 Å². The van der Waals surface area contributed by atoms with E-state index in [4.69, 9.17) is 16.1 Å². The molecule has 0 aromatic carbocycles. The second-order valence-corrected chi connectivity index (χ2v) is 3.60. The molecule has 2 rings (SSSR count). The number of nitriles is 1. The summed E-state index contributed by atoms with van der Waals surface area (Å²) < 4.78 is 1.58. The third-order valence-corrected chi connectivity index (χ3v) is 2.42. The molecular formula is C10H11N5O2.